The van der Waals surface area contributed by atoms with E-state index in [9.17, 15) is 43.2 Å². The fourth-order valence-corrected chi connectivity index (χ4v) is 6.44. The number of benzene rings is 2. The molecule has 2 rings (SSSR count). The van der Waals surface area contributed by atoms with E-state index in [1.54, 1.807) is 54.6 Å². The average Bonchev–Trinajstić information content (AvgIpc) is 3.25. The van der Waals surface area contributed by atoms with Gasteiger partial charge in [0.05, 0.1) is 19.6 Å². The number of nitrogens with two attached hydrogens (primary N) is 2. The van der Waals surface area contributed by atoms with Crippen LogP contribution in [0.15, 0.2) is 60.7 Å². The minimum absolute atomic E-state index is 0.0403. The van der Waals surface area contributed by atoms with E-state index in [4.69, 9.17) is 16.6 Å². The molecule has 64 heavy (non-hydrogen) atoms. The van der Waals surface area contributed by atoms with Gasteiger partial charge in [-0.15, -0.1) is 0 Å². The van der Waals surface area contributed by atoms with E-state index in [0.717, 1.165) is 5.56 Å². The van der Waals surface area contributed by atoms with Gasteiger partial charge in [0.1, 0.15) is 36.8 Å². The summed E-state index contributed by atoms with van der Waals surface area (Å²) in [5.74, 6) is -6.91. The molecule has 0 unspecified atom stereocenters. The summed E-state index contributed by atoms with van der Waals surface area (Å²) in [6.45, 7) is 5.49. The van der Waals surface area contributed by atoms with Crippen LogP contribution in [0.2, 0.25) is 0 Å². The zero-order valence-corrected chi connectivity index (χ0v) is 37.1. The average molecular weight is 895 g/mol. The van der Waals surface area contributed by atoms with Crippen LogP contribution in [0.5, 0.6) is 0 Å². The van der Waals surface area contributed by atoms with E-state index in [1.165, 1.54) is 0 Å². The van der Waals surface area contributed by atoms with Crippen LogP contribution in [0.4, 0.5) is 0 Å². The third-order valence-electron chi connectivity index (χ3n) is 9.59. The maximum Gasteiger partial charge on any atom is 0.322 e. The van der Waals surface area contributed by atoms with Gasteiger partial charge in [0.2, 0.25) is 47.3 Å². The topological polar surface area (TPSA) is 322 Å². The lowest BCUT2D eigenvalue weighted by Gasteiger charge is -2.25. The lowest BCUT2D eigenvalue weighted by Crippen LogP contribution is -2.57. The number of carbonyl (C=O) groups excluding carboxylic acids is 8. The number of carbonyl (C=O) groups is 9. The van der Waals surface area contributed by atoms with Crippen molar-refractivity contribution in [3.05, 3.63) is 71.8 Å². The zero-order chi connectivity index (χ0) is 47.6. The van der Waals surface area contributed by atoms with Gasteiger partial charge in [-0.25, -0.2) is 0 Å². The highest BCUT2D eigenvalue weighted by atomic mass is 16.4. The standard InChI is InChI=1S/C44H66N10O10/c1-27(2)19-32(53-44(64)35(51-36(55)23-46)22-30-15-9-6-10-16-30)41(61)48-24-37(56)50-31(17-11-12-18-45)40(60)47-25-38(57)52-33(20-28(3)4)43(63)54-34(42(62)49-26-39(58)59)21-29-13-7-5-8-14-29/h5-10,13-16,27-28,31-35H,11-12,17-26,45-46H2,1-4H3,(H,47,60)(H,48,61)(H,49,62)(H,50,56)(H,51,55)(H,52,57)(H,53,64)(H,54,63)(H,58,59)/t31-,32-,33-,34-,35-/m0/s1. The molecule has 0 aliphatic carbocycles. The molecule has 20 nitrogen and oxygen atoms in total. The number of hydrogen-bond acceptors (Lipinski definition) is 11. The first-order valence-corrected chi connectivity index (χ1v) is 21.4. The second kappa shape index (κ2) is 29.0. The van der Waals surface area contributed by atoms with Gasteiger partial charge in [0, 0.05) is 12.8 Å². The normalized spacial score (nSPS) is 13.2. The summed E-state index contributed by atoms with van der Waals surface area (Å²) in [6, 6.07) is 12.1. The van der Waals surface area contributed by atoms with Crippen LogP contribution in [0.25, 0.3) is 0 Å². The first kappa shape index (κ1) is 53.7. The van der Waals surface area contributed by atoms with Crippen molar-refractivity contribution < 1.29 is 48.3 Å². The maximum absolute atomic E-state index is 13.5. The number of carboxylic acid groups (broad SMARTS) is 1. The summed E-state index contributed by atoms with van der Waals surface area (Å²) in [5.41, 5.74) is 12.6. The molecule has 0 saturated heterocycles. The van der Waals surface area contributed by atoms with Crippen molar-refractivity contribution in [1.82, 2.24) is 42.5 Å². The highest BCUT2D eigenvalue weighted by Crippen LogP contribution is 2.10. The van der Waals surface area contributed by atoms with Crippen LogP contribution >= 0.6 is 0 Å². The zero-order valence-electron chi connectivity index (χ0n) is 37.1. The summed E-state index contributed by atoms with van der Waals surface area (Å²) in [4.78, 5) is 116. The Kier molecular flexibility index (Phi) is 24.4. The van der Waals surface area contributed by atoms with E-state index < -0.39 is 103 Å². The Bertz CT molecular complexity index is 1850. The van der Waals surface area contributed by atoms with Gasteiger partial charge in [0.25, 0.3) is 0 Å². The van der Waals surface area contributed by atoms with Crippen molar-refractivity contribution in [2.24, 2.45) is 23.3 Å². The molecule has 0 spiro atoms. The third-order valence-corrected chi connectivity index (χ3v) is 9.59. The van der Waals surface area contributed by atoms with Crippen molar-refractivity contribution in [3.8, 4) is 0 Å². The van der Waals surface area contributed by atoms with Crippen molar-refractivity contribution in [2.45, 2.75) is 103 Å². The van der Waals surface area contributed by atoms with E-state index in [0.29, 0.717) is 24.9 Å². The molecule has 352 valence electrons. The first-order chi connectivity index (χ1) is 30.4. The molecule has 0 aromatic heterocycles. The first-order valence-electron chi connectivity index (χ1n) is 21.4. The van der Waals surface area contributed by atoms with Crippen LogP contribution in [0.1, 0.15) is 70.9 Å². The van der Waals surface area contributed by atoms with Gasteiger partial charge in [-0.1, -0.05) is 88.4 Å². The molecule has 8 amide bonds. The summed E-state index contributed by atoms with van der Waals surface area (Å²) < 4.78 is 0. The molecule has 0 radical (unpaired) electrons. The Morgan fingerprint density at radius 2 is 0.875 bits per heavy atom. The van der Waals surface area contributed by atoms with Crippen LogP contribution in [0, 0.1) is 11.8 Å². The van der Waals surface area contributed by atoms with Gasteiger partial charge >= 0.3 is 5.97 Å². The molecule has 0 aliphatic heterocycles. The predicted molar refractivity (Wildman–Crippen MR) is 237 cm³/mol. The number of carboxylic acids is 1. The summed E-state index contributed by atoms with van der Waals surface area (Å²) >= 11 is 0. The van der Waals surface area contributed by atoms with Crippen LogP contribution in [0.3, 0.4) is 0 Å². The molecule has 13 N–H and O–H groups in total. The fraction of sp³-hybridized carbons (Fsp3) is 0.523. The quantitative estimate of drug-likeness (QED) is 0.0417. The van der Waals surface area contributed by atoms with E-state index in [2.05, 4.69) is 42.5 Å². The Labute approximate surface area is 373 Å². The number of unbranched alkanes of at least 4 members (excludes halogenated alkanes) is 1. The lowest BCUT2D eigenvalue weighted by molar-refractivity contribution is -0.138. The lowest BCUT2D eigenvalue weighted by atomic mass is 10.0. The highest BCUT2D eigenvalue weighted by Gasteiger charge is 2.30. The number of amides is 8. The summed E-state index contributed by atoms with van der Waals surface area (Å²) in [5, 5.41) is 29.4. The minimum Gasteiger partial charge on any atom is -0.480 e. The molecule has 0 aliphatic rings. The van der Waals surface area contributed by atoms with E-state index >= 15 is 0 Å². The second-order valence-electron chi connectivity index (χ2n) is 16.2. The van der Waals surface area contributed by atoms with Crippen molar-refractivity contribution >= 4 is 53.2 Å². The van der Waals surface area contributed by atoms with Gasteiger partial charge in [-0.2, -0.15) is 0 Å². The molecule has 0 fully saturated rings. The van der Waals surface area contributed by atoms with Crippen LogP contribution in [-0.4, -0.2) is 121 Å². The van der Waals surface area contributed by atoms with Crippen LogP contribution < -0.4 is 54.0 Å². The molecule has 2 aromatic carbocycles. The number of rotatable bonds is 29. The second-order valence-corrected chi connectivity index (χ2v) is 16.2. The molecule has 5 atom stereocenters. The van der Waals surface area contributed by atoms with E-state index in [-0.39, 0.29) is 50.5 Å². The smallest absolute Gasteiger partial charge is 0.322 e. The SMILES string of the molecule is CC(C)C[C@H](NC(=O)CNC(=O)[C@H](CCCCN)NC(=O)CNC(=O)[C@H](CC(C)C)NC(=O)[C@H](Cc1ccccc1)NC(=O)CN)C(=O)N[C@@H](Cc1ccccc1)C(=O)NCC(=O)O. The Morgan fingerprint density at radius 1 is 0.484 bits per heavy atom. The van der Waals surface area contributed by atoms with Crippen molar-refractivity contribution in [2.75, 3.05) is 32.7 Å². The fourth-order valence-electron chi connectivity index (χ4n) is 6.44. The number of aliphatic carboxylic acids is 1. The van der Waals surface area contributed by atoms with Crippen molar-refractivity contribution in [1.29, 1.82) is 0 Å². The Balaban J connectivity index is 2.09. The molecular weight excluding hydrogens is 829 g/mol. The summed E-state index contributed by atoms with van der Waals surface area (Å²) in [6.07, 6.45) is 1.62. The minimum atomic E-state index is -1.27. The molecule has 0 saturated carbocycles. The number of hydrogen-bond donors (Lipinski definition) is 11. The maximum atomic E-state index is 13.5. The Hall–Kier alpha value is -6.41. The predicted octanol–water partition coefficient (Wildman–Crippen LogP) is -1.49. The molecule has 0 heterocycles. The third kappa shape index (κ3) is 21.6. The highest BCUT2D eigenvalue weighted by molar-refractivity contribution is 5.96. The number of nitrogens with one attached hydrogen (secondary N) is 8. The van der Waals surface area contributed by atoms with Gasteiger partial charge in [-0.05, 0) is 61.6 Å². The summed E-state index contributed by atoms with van der Waals surface area (Å²) in [7, 11) is 0. The molecule has 2 aromatic rings. The van der Waals surface area contributed by atoms with E-state index in [1.807, 2.05) is 33.8 Å². The molecular formula is C44H66N10O10. The molecule has 0 bridgehead atoms. The van der Waals surface area contributed by atoms with Gasteiger partial charge in [0.15, 0.2) is 0 Å². The molecule has 20 heteroatoms. The van der Waals surface area contributed by atoms with Crippen LogP contribution in [-0.2, 0) is 56.0 Å². The largest absolute Gasteiger partial charge is 0.480 e. The monoisotopic (exact) mass is 894 g/mol. The van der Waals surface area contributed by atoms with Gasteiger partial charge in [-0.3, -0.25) is 43.2 Å². The Morgan fingerprint density at radius 3 is 1.34 bits per heavy atom. The van der Waals surface area contributed by atoms with Crippen molar-refractivity contribution in [3.63, 3.8) is 0 Å². The van der Waals surface area contributed by atoms with Gasteiger partial charge < -0.3 is 59.1 Å².